The number of hydrogen-bond acceptors (Lipinski definition) is 3. The van der Waals surface area contributed by atoms with Crippen molar-refractivity contribution in [3.05, 3.63) is 77.6 Å². The molecule has 1 N–H and O–H groups in total. The van der Waals surface area contributed by atoms with Crippen molar-refractivity contribution in [1.82, 2.24) is 4.98 Å². The molecule has 1 heterocycles. The van der Waals surface area contributed by atoms with Crippen molar-refractivity contribution in [3.63, 3.8) is 0 Å². The van der Waals surface area contributed by atoms with E-state index in [1.165, 1.54) is 10.9 Å². The third kappa shape index (κ3) is 6.14. The smallest absolute Gasteiger partial charge is 0.168 e. The van der Waals surface area contributed by atoms with Gasteiger partial charge in [-0.2, -0.15) is 0 Å². The number of allylic oxidation sites excluding steroid dienone is 2. The number of aromatic nitrogens is 1. The number of aliphatic hydroxyl groups is 1. The monoisotopic (exact) mass is 717 g/mol. The Balaban J connectivity index is 0.000000215. The van der Waals surface area contributed by atoms with Gasteiger partial charge in [-0.05, 0) is 92.0 Å². The number of pyridine rings is 1. The topological polar surface area (TPSA) is 50.2 Å². The quantitative estimate of drug-likeness (QED) is 0.259. The van der Waals surface area contributed by atoms with E-state index in [9.17, 15) is 9.90 Å². The number of fused-ring (bicyclic) bond motifs is 2. The van der Waals surface area contributed by atoms with E-state index >= 15 is 0 Å². The molecule has 2 aromatic carbocycles. The van der Waals surface area contributed by atoms with Gasteiger partial charge in [0.1, 0.15) is 5.76 Å². The first-order valence-corrected chi connectivity index (χ1v) is 15.1. The fourth-order valence-electron chi connectivity index (χ4n) is 6.69. The molecule has 40 heavy (non-hydrogen) atoms. The summed E-state index contributed by atoms with van der Waals surface area (Å²) in [4.78, 5) is 17.8. The summed E-state index contributed by atoms with van der Waals surface area (Å²) in [6.07, 6.45) is 7.87. The summed E-state index contributed by atoms with van der Waals surface area (Å²) < 4.78 is 0. The van der Waals surface area contributed by atoms with Crippen molar-refractivity contribution in [2.45, 2.75) is 98.8 Å². The van der Waals surface area contributed by atoms with Crippen molar-refractivity contribution in [3.8, 4) is 11.3 Å². The molecule has 1 unspecified atom stereocenters. The molecule has 217 valence electrons. The van der Waals surface area contributed by atoms with Crippen LogP contribution in [0.25, 0.3) is 22.2 Å². The molecular weight excluding hydrogens is 671 g/mol. The molecular formula is C36H46IrNO2-. The number of carbonyl (C=O) groups is 1. The van der Waals surface area contributed by atoms with Crippen molar-refractivity contribution < 1.29 is 30.0 Å². The molecule has 0 bridgehead atoms. The average Bonchev–Trinajstić information content (AvgIpc) is 2.98. The van der Waals surface area contributed by atoms with Crippen LogP contribution in [0, 0.1) is 22.8 Å². The van der Waals surface area contributed by atoms with Crippen molar-refractivity contribution in [2.75, 3.05) is 0 Å². The Hall–Kier alpha value is -2.29. The molecule has 0 aliphatic heterocycles. The fraction of sp³-hybridized carbons (Fsp3) is 0.500. The number of hydrogen-bond donors (Lipinski definition) is 1. The van der Waals surface area contributed by atoms with Crippen LogP contribution >= 0.6 is 0 Å². The van der Waals surface area contributed by atoms with E-state index in [1.807, 2.05) is 24.3 Å². The van der Waals surface area contributed by atoms with Crippen LogP contribution in [0.1, 0.15) is 104 Å². The van der Waals surface area contributed by atoms with Crippen LogP contribution in [-0.2, 0) is 24.9 Å². The van der Waals surface area contributed by atoms with Crippen LogP contribution in [-0.4, -0.2) is 15.9 Å². The van der Waals surface area contributed by atoms with Crippen molar-refractivity contribution in [1.29, 1.82) is 0 Å². The summed E-state index contributed by atoms with van der Waals surface area (Å²) >= 11 is 0. The Morgan fingerprint density at radius 3 is 2.15 bits per heavy atom. The normalized spacial score (nSPS) is 19.5. The van der Waals surface area contributed by atoms with Crippen LogP contribution in [0.5, 0.6) is 0 Å². The van der Waals surface area contributed by atoms with Crippen molar-refractivity contribution >= 4 is 16.7 Å². The summed E-state index contributed by atoms with van der Waals surface area (Å²) in [6, 6.07) is 21.9. The Bertz CT molecular complexity index is 1320. The van der Waals surface area contributed by atoms with Gasteiger partial charge in [0.05, 0.1) is 5.52 Å². The molecule has 4 heteroatoms. The largest absolute Gasteiger partial charge is 0.511 e. The second-order valence-electron chi connectivity index (χ2n) is 11.9. The van der Waals surface area contributed by atoms with E-state index in [2.05, 4.69) is 77.9 Å². The summed E-state index contributed by atoms with van der Waals surface area (Å²) in [6.45, 7) is 12.9. The van der Waals surface area contributed by atoms with E-state index < -0.39 is 0 Å². The van der Waals surface area contributed by atoms with Crippen LogP contribution in [0.4, 0.5) is 0 Å². The minimum absolute atomic E-state index is 0. The molecule has 5 rings (SSSR count). The average molecular weight is 717 g/mol. The zero-order valence-electron chi connectivity index (χ0n) is 25.1. The molecule has 1 aromatic heterocycles. The molecule has 2 aliphatic carbocycles. The van der Waals surface area contributed by atoms with Crippen molar-refractivity contribution in [2.24, 2.45) is 16.7 Å². The van der Waals surface area contributed by atoms with Gasteiger partial charge in [0.15, 0.2) is 5.78 Å². The Kier molecular flexibility index (Phi) is 10.9. The summed E-state index contributed by atoms with van der Waals surface area (Å²) in [7, 11) is 0. The molecule has 0 amide bonds. The first-order chi connectivity index (χ1) is 18.7. The maximum Gasteiger partial charge on any atom is 0.168 e. The molecule has 0 spiro atoms. The molecule has 1 radical (unpaired) electrons. The third-order valence-electron chi connectivity index (χ3n) is 9.91. The number of Topliss-reactive ketones (excluding diaryl/α,β-unsaturated/α-hetero) is 1. The van der Waals surface area contributed by atoms with Gasteiger partial charge in [-0.15, -0.1) is 35.9 Å². The van der Waals surface area contributed by atoms with Gasteiger partial charge in [-0.25, -0.2) is 0 Å². The predicted octanol–water partition coefficient (Wildman–Crippen LogP) is 10.0. The maximum absolute atomic E-state index is 13.1. The Labute approximate surface area is 255 Å². The Morgan fingerprint density at radius 1 is 0.925 bits per heavy atom. The first-order valence-electron chi connectivity index (χ1n) is 15.1. The number of rotatable bonds is 6. The van der Waals surface area contributed by atoms with Crippen LogP contribution in [0.2, 0.25) is 0 Å². The molecule has 3 nitrogen and oxygen atoms in total. The van der Waals surface area contributed by atoms with Gasteiger partial charge in [-0.3, -0.25) is 9.78 Å². The summed E-state index contributed by atoms with van der Waals surface area (Å²) in [5.74, 6) is 1.59. The van der Waals surface area contributed by atoms with Gasteiger partial charge in [-0.1, -0.05) is 59.7 Å². The zero-order valence-corrected chi connectivity index (χ0v) is 27.5. The van der Waals surface area contributed by atoms with E-state index in [1.54, 1.807) is 0 Å². The number of nitrogens with zero attached hydrogens (tertiary/aromatic N) is 1. The third-order valence-corrected chi connectivity index (χ3v) is 9.91. The summed E-state index contributed by atoms with van der Waals surface area (Å²) in [5, 5.41) is 12.1. The van der Waals surface area contributed by atoms with E-state index in [4.69, 9.17) is 4.98 Å². The number of carbonyl (C=O) groups excluding carboxylic acids is 1. The summed E-state index contributed by atoms with van der Waals surface area (Å²) in [5.41, 5.74) is 4.89. The molecule has 0 saturated heterocycles. The number of ketones is 1. The van der Waals surface area contributed by atoms with E-state index in [-0.39, 0.29) is 36.7 Å². The van der Waals surface area contributed by atoms with Gasteiger partial charge >= 0.3 is 0 Å². The Morgan fingerprint density at radius 2 is 1.57 bits per heavy atom. The zero-order chi connectivity index (χ0) is 28.2. The first kappa shape index (κ1) is 32.2. The van der Waals surface area contributed by atoms with Gasteiger partial charge in [0.25, 0.3) is 0 Å². The second-order valence-corrected chi connectivity index (χ2v) is 11.9. The number of benzene rings is 2. The minimum atomic E-state index is -0.204. The minimum Gasteiger partial charge on any atom is -0.511 e. The van der Waals surface area contributed by atoms with Gasteiger partial charge in [0, 0.05) is 36.5 Å². The van der Waals surface area contributed by atoms with Gasteiger partial charge in [0.2, 0.25) is 0 Å². The van der Waals surface area contributed by atoms with Crippen LogP contribution in [0.15, 0.2) is 65.9 Å². The second kappa shape index (κ2) is 13.6. The molecule has 2 aliphatic rings. The molecule has 1 fully saturated rings. The predicted molar refractivity (Wildman–Crippen MR) is 163 cm³/mol. The van der Waals surface area contributed by atoms with E-state index in [0.29, 0.717) is 17.6 Å². The van der Waals surface area contributed by atoms with Gasteiger partial charge < -0.3 is 5.11 Å². The SMILES string of the molecule is CC(C)c1ccc2nc(-c3[c-]cccc3)ccc2c1.CCC1(CC)CCC2CCC(CC)(CC)C(O)=C2C1=O.[Ir]. The number of aliphatic hydroxyl groups excluding tert-OH is 1. The molecule has 3 aromatic rings. The fourth-order valence-corrected chi connectivity index (χ4v) is 6.69. The molecule has 1 saturated carbocycles. The maximum atomic E-state index is 13.1. The van der Waals surface area contributed by atoms with Crippen LogP contribution in [0.3, 0.4) is 0 Å². The van der Waals surface area contributed by atoms with Crippen LogP contribution < -0.4 is 0 Å². The van der Waals surface area contributed by atoms with E-state index in [0.717, 1.165) is 73.7 Å². The standard InChI is InChI=1S/C18H16N.C18H30O2.Ir/c1-13(2)15-8-10-18-16(12-15)9-11-17(19-18)14-6-4-3-5-7-14;1-5-17(6-2)11-9-13-10-12-18(7-3,8-4)16(20)14(13)15(17)19;/h3-6,8-13H,1-2H3;13,19H,5-12H2,1-4H3;/q-1;;. The molecule has 1 atom stereocenters.